The van der Waals surface area contributed by atoms with E-state index < -0.39 is 0 Å². The van der Waals surface area contributed by atoms with E-state index >= 15 is 0 Å². The molecule has 0 unspecified atom stereocenters. The van der Waals surface area contributed by atoms with Crippen molar-refractivity contribution in [1.82, 2.24) is 9.97 Å². The molecule has 3 aromatic rings. The third-order valence-corrected chi connectivity index (χ3v) is 3.19. The number of pyridine rings is 2. The second kappa shape index (κ2) is 5.17. The van der Waals surface area contributed by atoms with Gasteiger partial charge in [-0.3, -0.25) is 4.79 Å². The van der Waals surface area contributed by atoms with Crippen molar-refractivity contribution in [1.29, 1.82) is 0 Å². The standard InChI is InChI=1S/C16H15N3O/c1-11-9-13-7-8-17-16(20)14(13)15(19-11)18-10-12-5-3-2-4-6-12/h2-9H,10H2,1H3,(H,17,20)(H,18,19). The summed E-state index contributed by atoms with van der Waals surface area (Å²) in [5.41, 5.74) is 1.92. The molecular formula is C16H15N3O. The van der Waals surface area contributed by atoms with Gasteiger partial charge in [0.05, 0.1) is 5.39 Å². The first kappa shape index (κ1) is 12.4. The van der Waals surface area contributed by atoms with Crippen LogP contribution in [0.3, 0.4) is 0 Å². The smallest absolute Gasteiger partial charge is 0.259 e. The van der Waals surface area contributed by atoms with Crippen LogP contribution in [0.15, 0.2) is 53.5 Å². The van der Waals surface area contributed by atoms with E-state index in [0.717, 1.165) is 16.6 Å². The van der Waals surface area contributed by atoms with Crippen molar-refractivity contribution in [2.75, 3.05) is 5.32 Å². The minimum atomic E-state index is -0.120. The van der Waals surface area contributed by atoms with Crippen molar-refractivity contribution < 1.29 is 0 Å². The van der Waals surface area contributed by atoms with Crippen LogP contribution < -0.4 is 10.9 Å². The van der Waals surface area contributed by atoms with Gasteiger partial charge in [-0.1, -0.05) is 30.3 Å². The van der Waals surface area contributed by atoms with E-state index in [1.807, 2.05) is 49.4 Å². The van der Waals surface area contributed by atoms with Crippen LogP contribution in [0.2, 0.25) is 0 Å². The van der Waals surface area contributed by atoms with Gasteiger partial charge in [0.25, 0.3) is 5.56 Å². The number of aromatic nitrogens is 2. The Bertz CT molecular complexity index is 794. The van der Waals surface area contributed by atoms with Crippen LogP contribution >= 0.6 is 0 Å². The van der Waals surface area contributed by atoms with Crippen LogP contribution in [0.25, 0.3) is 10.8 Å². The lowest BCUT2D eigenvalue weighted by atomic mass is 10.1. The largest absolute Gasteiger partial charge is 0.365 e. The molecule has 0 spiro atoms. The van der Waals surface area contributed by atoms with Crippen LogP contribution in [0.5, 0.6) is 0 Å². The van der Waals surface area contributed by atoms with Crippen LogP contribution in [0.1, 0.15) is 11.3 Å². The van der Waals surface area contributed by atoms with E-state index in [1.54, 1.807) is 6.20 Å². The molecule has 0 saturated carbocycles. The highest BCUT2D eigenvalue weighted by molar-refractivity contribution is 5.91. The van der Waals surface area contributed by atoms with Gasteiger partial charge in [0, 0.05) is 18.4 Å². The molecule has 100 valence electrons. The highest BCUT2D eigenvalue weighted by Crippen LogP contribution is 2.19. The van der Waals surface area contributed by atoms with Crippen molar-refractivity contribution >= 4 is 16.6 Å². The molecule has 0 bridgehead atoms. The molecule has 0 radical (unpaired) electrons. The van der Waals surface area contributed by atoms with E-state index in [9.17, 15) is 4.79 Å². The lowest BCUT2D eigenvalue weighted by molar-refractivity contribution is 1.10. The Balaban J connectivity index is 2.01. The lowest BCUT2D eigenvalue weighted by Gasteiger charge is -2.09. The summed E-state index contributed by atoms with van der Waals surface area (Å²) < 4.78 is 0. The number of nitrogens with one attached hydrogen (secondary N) is 2. The number of anilines is 1. The second-order valence-corrected chi connectivity index (χ2v) is 4.72. The maximum absolute atomic E-state index is 12.0. The average molecular weight is 265 g/mol. The number of fused-ring (bicyclic) bond motifs is 1. The summed E-state index contributed by atoms with van der Waals surface area (Å²) in [5, 5.41) is 4.76. The molecule has 4 heteroatoms. The van der Waals surface area contributed by atoms with Gasteiger partial charge in [0.2, 0.25) is 0 Å². The molecule has 2 N–H and O–H groups in total. The van der Waals surface area contributed by atoms with Gasteiger partial charge in [-0.25, -0.2) is 4.98 Å². The van der Waals surface area contributed by atoms with E-state index in [-0.39, 0.29) is 5.56 Å². The van der Waals surface area contributed by atoms with Gasteiger partial charge in [-0.05, 0) is 30.0 Å². The van der Waals surface area contributed by atoms with Gasteiger partial charge < -0.3 is 10.3 Å². The molecule has 0 aliphatic rings. The molecule has 0 atom stereocenters. The third kappa shape index (κ3) is 2.40. The van der Waals surface area contributed by atoms with Gasteiger partial charge >= 0.3 is 0 Å². The van der Waals surface area contributed by atoms with Crippen molar-refractivity contribution in [3.8, 4) is 0 Å². The van der Waals surface area contributed by atoms with E-state index in [2.05, 4.69) is 15.3 Å². The molecule has 2 heterocycles. The summed E-state index contributed by atoms with van der Waals surface area (Å²) in [7, 11) is 0. The Hall–Kier alpha value is -2.62. The fourth-order valence-electron chi connectivity index (χ4n) is 2.26. The molecule has 0 amide bonds. The normalized spacial score (nSPS) is 10.7. The molecule has 0 saturated heterocycles. The van der Waals surface area contributed by atoms with Crippen LogP contribution in [-0.4, -0.2) is 9.97 Å². The Kier molecular flexibility index (Phi) is 3.21. The van der Waals surface area contributed by atoms with Crippen LogP contribution in [0.4, 0.5) is 5.82 Å². The Morgan fingerprint density at radius 3 is 2.80 bits per heavy atom. The summed E-state index contributed by atoms with van der Waals surface area (Å²) in [5.74, 6) is 0.630. The highest BCUT2D eigenvalue weighted by Gasteiger charge is 2.07. The number of benzene rings is 1. The summed E-state index contributed by atoms with van der Waals surface area (Å²) in [6, 6.07) is 13.8. The number of H-pyrrole nitrogens is 1. The van der Waals surface area contributed by atoms with Gasteiger partial charge in [0.15, 0.2) is 0 Å². The fourth-order valence-corrected chi connectivity index (χ4v) is 2.26. The third-order valence-electron chi connectivity index (χ3n) is 3.19. The maximum atomic E-state index is 12.0. The minimum absolute atomic E-state index is 0.120. The number of aromatic amines is 1. The predicted octanol–water partition coefficient (Wildman–Crippen LogP) is 2.84. The Morgan fingerprint density at radius 1 is 1.20 bits per heavy atom. The Morgan fingerprint density at radius 2 is 2.00 bits per heavy atom. The summed E-state index contributed by atoms with van der Waals surface area (Å²) in [6.45, 7) is 2.56. The summed E-state index contributed by atoms with van der Waals surface area (Å²) in [6.07, 6.45) is 1.66. The van der Waals surface area contributed by atoms with Crippen molar-refractivity contribution in [2.45, 2.75) is 13.5 Å². The van der Waals surface area contributed by atoms with Crippen molar-refractivity contribution in [2.24, 2.45) is 0 Å². The maximum Gasteiger partial charge on any atom is 0.259 e. The number of aryl methyl sites for hydroxylation is 1. The van der Waals surface area contributed by atoms with Crippen LogP contribution in [-0.2, 0) is 6.54 Å². The number of nitrogens with zero attached hydrogens (tertiary/aromatic N) is 1. The van der Waals surface area contributed by atoms with Gasteiger partial charge in [-0.2, -0.15) is 0 Å². The SMILES string of the molecule is Cc1cc2cc[nH]c(=O)c2c(NCc2ccccc2)n1. The molecular weight excluding hydrogens is 250 g/mol. The molecule has 1 aromatic carbocycles. The zero-order valence-corrected chi connectivity index (χ0v) is 11.2. The zero-order chi connectivity index (χ0) is 13.9. The molecule has 0 aliphatic carbocycles. The molecule has 4 nitrogen and oxygen atoms in total. The predicted molar refractivity (Wildman–Crippen MR) is 80.9 cm³/mol. The van der Waals surface area contributed by atoms with Crippen molar-refractivity contribution in [3.05, 3.63) is 70.3 Å². The van der Waals surface area contributed by atoms with E-state index in [0.29, 0.717) is 17.7 Å². The minimum Gasteiger partial charge on any atom is -0.365 e. The van der Waals surface area contributed by atoms with Gasteiger partial charge in [-0.15, -0.1) is 0 Å². The van der Waals surface area contributed by atoms with Crippen LogP contribution in [0, 0.1) is 6.92 Å². The first-order chi connectivity index (χ1) is 9.74. The monoisotopic (exact) mass is 265 g/mol. The van der Waals surface area contributed by atoms with Gasteiger partial charge in [0.1, 0.15) is 5.82 Å². The topological polar surface area (TPSA) is 57.8 Å². The second-order valence-electron chi connectivity index (χ2n) is 4.72. The number of hydrogen-bond acceptors (Lipinski definition) is 3. The quantitative estimate of drug-likeness (QED) is 0.765. The molecule has 0 aliphatic heterocycles. The summed E-state index contributed by atoms with van der Waals surface area (Å²) >= 11 is 0. The summed E-state index contributed by atoms with van der Waals surface area (Å²) in [4.78, 5) is 19.1. The lowest BCUT2D eigenvalue weighted by Crippen LogP contribution is -2.11. The zero-order valence-electron chi connectivity index (χ0n) is 11.2. The Labute approximate surface area is 116 Å². The average Bonchev–Trinajstić information content (AvgIpc) is 2.45. The van der Waals surface area contributed by atoms with Crippen molar-refractivity contribution in [3.63, 3.8) is 0 Å². The highest BCUT2D eigenvalue weighted by atomic mass is 16.1. The molecule has 3 rings (SSSR count). The van der Waals surface area contributed by atoms with E-state index in [4.69, 9.17) is 0 Å². The number of rotatable bonds is 3. The first-order valence-electron chi connectivity index (χ1n) is 6.51. The fraction of sp³-hybridized carbons (Fsp3) is 0.125. The molecule has 0 fully saturated rings. The first-order valence-corrected chi connectivity index (χ1v) is 6.51. The molecule has 2 aromatic heterocycles. The number of hydrogen-bond donors (Lipinski definition) is 2. The molecule has 20 heavy (non-hydrogen) atoms. The van der Waals surface area contributed by atoms with E-state index in [1.165, 1.54) is 0 Å².